The summed E-state index contributed by atoms with van der Waals surface area (Å²) in [6, 6.07) is 13.0. The van der Waals surface area contributed by atoms with Crippen molar-refractivity contribution in [3.05, 3.63) is 88.4 Å². The van der Waals surface area contributed by atoms with Gasteiger partial charge in [-0.25, -0.2) is 17.7 Å². The van der Waals surface area contributed by atoms with E-state index >= 15 is 4.79 Å². The lowest BCUT2D eigenvalue weighted by molar-refractivity contribution is -0.275. The molecule has 17 heteroatoms. The van der Waals surface area contributed by atoms with E-state index in [1.807, 2.05) is 17.3 Å². The molecule has 266 valence electrons. The van der Waals surface area contributed by atoms with E-state index < -0.39 is 50.7 Å². The van der Waals surface area contributed by atoms with E-state index in [4.69, 9.17) is 21.1 Å². The molecule has 1 aromatic heterocycles. The maximum atomic E-state index is 15.0. The maximum absolute atomic E-state index is 15.0. The Morgan fingerprint density at radius 2 is 1.76 bits per heavy atom. The second kappa shape index (κ2) is 14.4. The molecule has 0 bridgehead atoms. The molecule has 0 spiro atoms. The van der Waals surface area contributed by atoms with Crippen LogP contribution in [0.3, 0.4) is 0 Å². The molecule has 0 radical (unpaired) electrons. The highest BCUT2D eigenvalue weighted by molar-refractivity contribution is 7.93. The monoisotopic (exact) mass is 752 g/mol. The maximum Gasteiger partial charge on any atom is 0.573 e. The van der Waals surface area contributed by atoms with Gasteiger partial charge in [0.2, 0.25) is 5.91 Å². The van der Waals surface area contributed by atoms with E-state index in [-0.39, 0.29) is 46.4 Å². The Hall–Kier alpha value is -4.54. The number of hydrogen-bond donors (Lipinski definition) is 0. The minimum absolute atomic E-state index is 0.0409. The smallest absolute Gasteiger partial charge is 0.497 e. The highest BCUT2D eigenvalue weighted by Crippen LogP contribution is 2.54. The molecule has 50 heavy (non-hydrogen) atoms. The van der Waals surface area contributed by atoms with Gasteiger partial charge in [0, 0.05) is 61.3 Å². The van der Waals surface area contributed by atoms with Crippen LogP contribution in [0.4, 0.5) is 24.0 Å². The fraction of sp³-hybridized carbons (Fsp3) is 0.303. The number of likely N-dealkylation sites (N-methyl/N-ethyl adjacent to an activating group) is 2. The van der Waals surface area contributed by atoms with Crippen LogP contribution in [0.15, 0.2) is 77.1 Å². The number of aromatic nitrogens is 1. The molecule has 5 rings (SSSR count). The summed E-state index contributed by atoms with van der Waals surface area (Å²) in [5.74, 6) is -2.71. The molecule has 4 aromatic rings. The molecule has 1 aliphatic heterocycles. The van der Waals surface area contributed by atoms with Crippen LogP contribution in [0.25, 0.3) is 0 Å². The quantitative estimate of drug-likeness (QED) is 0.160. The second-order valence-corrected chi connectivity index (χ2v) is 14.2. The molecule has 0 aliphatic carbocycles. The number of methoxy groups -OCH3 is 2. The van der Waals surface area contributed by atoms with E-state index in [1.165, 1.54) is 54.7 Å². The molecule has 0 N–H and O–H groups in total. The average molecular weight is 753 g/mol. The Kier molecular flexibility index (Phi) is 10.6. The third kappa shape index (κ3) is 6.91. The molecule has 2 heterocycles. The molecule has 0 saturated carbocycles. The van der Waals surface area contributed by atoms with Crippen molar-refractivity contribution < 1.29 is 45.4 Å². The van der Waals surface area contributed by atoms with Crippen LogP contribution in [0.5, 0.6) is 17.2 Å². The lowest BCUT2D eigenvalue weighted by Gasteiger charge is -2.33. The zero-order valence-electron chi connectivity index (χ0n) is 27.2. The van der Waals surface area contributed by atoms with E-state index in [1.54, 1.807) is 31.3 Å². The summed E-state index contributed by atoms with van der Waals surface area (Å²) in [6.45, 7) is 2.64. The lowest BCUT2D eigenvalue weighted by atomic mass is 9.72. The van der Waals surface area contributed by atoms with Gasteiger partial charge in [0.05, 0.1) is 19.9 Å². The predicted octanol–water partition coefficient (Wildman–Crippen LogP) is 6.11. The standard InChI is InChI=1S/C33H32ClF3N4O7S2/c1-5-40(16-15-39(2)31-38-14-17-49-31)29(42)20-32(23-8-6-7-9-26(23)47-4)24-18-21(34)10-12-25(24)41(30(32)43)50(44,45)28-13-11-22(46-3)19-27(28)48-33(35,36)37/h6-14,17-19H,5,15-16,20H2,1-4H3. The fourth-order valence-corrected chi connectivity index (χ4v) is 8.28. The van der Waals surface area contributed by atoms with Crippen molar-refractivity contribution in [1.82, 2.24) is 9.88 Å². The molecular formula is C33H32ClF3N4O7S2. The molecule has 1 atom stereocenters. The number of nitrogens with zero attached hydrogens (tertiary/aromatic N) is 4. The summed E-state index contributed by atoms with van der Waals surface area (Å²) in [7, 11) is -0.809. The first-order valence-corrected chi connectivity index (χ1v) is 17.7. The first kappa shape index (κ1) is 36.7. The van der Waals surface area contributed by atoms with Gasteiger partial charge in [-0.2, -0.15) is 0 Å². The predicted molar refractivity (Wildman–Crippen MR) is 182 cm³/mol. The van der Waals surface area contributed by atoms with Gasteiger partial charge in [-0.15, -0.1) is 24.5 Å². The van der Waals surface area contributed by atoms with E-state index in [0.717, 1.165) is 23.3 Å². The average Bonchev–Trinajstić information content (AvgIpc) is 3.70. The first-order chi connectivity index (χ1) is 23.7. The van der Waals surface area contributed by atoms with Gasteiger partial charge in [0.15, 0.2) is 10.9 Å². The summed E-state index contributed by atoms with van der Waals surface area (Å²) in [6.07, 6.45) is -4.20. The van der Waals surface area contributed by atoms with Crippen molar-refractivity contribution in [3.63, 3.8) is 0 Å². The highest BCUT2D eigenvalue weighted by Gasteiger charge is 2.58. The van der Waals surface area contributed by atoms with Crippen molar-refractivity contribution in [2.75, 3.05) is 50.1 Å². The van der Waals surface area contributed by atoms with Crippen molar-refractivity contribution in [2.24, 2.45) is 0 Å². The van der Waals surface area contributed by atoms with Crippen LogP contribution in [-0.4, -0.2) is 77.4 Å². The molecule has 1 aliphatic rings. The van der Waals surface area contributed by atoms with Crippen LogP contribution in [0, 0.1) is 0 Å². The van der Waals surface area contributed by atoms with E-state index in [9.17, 15) is 26.4 Å². The molecule has 11 nitrogen and oxygen atoms in total. The zero-order chi connectivity index (χ0) is 36.4. The van der Waals surface area contributed by atoms with Gasteiger partial charge in [0.25, 0.3) is 15.9 Å². The summed E-state index contributed by atoms with van der Waals surface area (Å²) >= 11 is 7.88. The van der Waals surface area contributed by atoms with Gasteiger partial charge in [-0.1, -0.05) is 29.8 Å². The Morgan fingerprint density at radius 1 is 1.02 bits per heavy atom. The number of anilines is 2. The van der Waals surface area contributed by atoms with Crippen LogP contribution >= 0.6 is 22.9 Å². The van der Waals surface area contributed by atoms with Crippen molar-refractivity contribution >= 4 is 55.6 Å². The summed E-state index contributed by atoms with van der Waals surface area (Å²) in [5, 5.41) is 2.68. The lowest BCUT2D eigenvalue weighted by Crippen LogP contribution is -2.48. The summed E-state index contributed by atoms with van der Waals surface area (Å²) in [5.41, 5.74) is -2.07. The third-order valence-corrected chi connectivity index (χ3v) is 11.1. The number of halogens is 4. The number of fused-ring (bicyclic) bond motifs is 1. The second-order valence-electron chi connectivity index (χ2n) is 11.1. The largest absolute Gasteiger partial charge is 0.573 e. The Balaban J connectivity index is 1.68. The Bertz CT molecular complexity index is 2000. The van der Waals surface area contributed by atoms with Crippen LogP contribution in [0.2, 0.25) is 5.02 Å². The molecule has 0 saturated heterocycles. The molecule has 0 fully saturated rings. The van der Waals surface area contributed by atoms with Gasteiger partial charge in [-0.3, -0.25) is 9.59 Å². The van der Waals surface area contributed by atoms with Gasteiger partial charge in [0.1, 0.15) is 21.8 Å². The fourth-order valence-electron chi connectivity index (χ4n) is 5.89. The minimum atomic E-state index is -5.29. The highest BCUT2D eigenvalue weighted by atomic mass is 35.5. The van der Waals surface area contributed by atoms with Gasteiger partial charge < -0.3 is 24.0 Å². The van der Waals surface area contributed by atoms with Crippen LogP contribution in [-0.2, 0) is 25.0 Å². The van der Waals surface area contributed by atoms with E-state index in [2.05, 4.69) is 9.72 Å². The van der Waals surface area contributed by atoms with E-state index in [0.29, 0.717) is 10.8 Å². The normalized spacial score (nSPS) is 15.8. The van der Waals surface area contributed by atoms with Crippen LogP contribution in [0.1, 0.15) is 24.5 Å². The summed E-state index contributed by atoms with van der Waals surface area (Å²) in [4.78, 5) is 36.1. The number of carbonyl (C=O) groups is 2. The molecule has 2 amide bonds. The molecule has 3 aromatic carbocycles. The van der Waals surface area contributed by atoms with Gasteiger partial charge in [-0.05, 0) is 48.9 Å². The number of alkyl halides is 3. The summed E-state index contributed by atoms with van der Waals surface area (Å²) < 4.78 is 84.7. The number of ether oxygens (including phenoxy) is 3. The number of sulfonamides is 1. The molecular weight excluding hydrogens is 721 g/mol. The molecule has 1 unspecified atom stereocenters. The van der Waals surface area contributed by atoms with Crippen LogP contribution < -0.4 is 23.4 Å². The zero-order valence-corrected chi connectivity index (χ0v) is 29.6. The van der Waals surface area contributed by atoms with Crippen molar-refractivity contribution in [3.8, 4) is 17.2 Å². The number of rotatable bonds is 13. The first-order valence-electron chi connectivity index (χ1n) is 15.0. The Labute approximate surface area is 295 Å². The number of benzene rings is 3. The topological polar surface area (TPSA) is 119 Å². The van der Waals surface area contributed by atoms with Crippen molar-refractivity contribution in [1.29, 1.82) is 0 Å². The Morgan fingerprint density at radius 3 is 2.40 bits per heavy atom. The van der Waals surface area contributed by atoms with Crippen molar-refractivity contribution in [2.45, 2.75) is 30.0 Å². The number of hydrogen-bond acceptors (Lipinski definition) is 10. The minimum Gasteiger partial charge on any atom is -0.497 e. The third-order valence-electron chi connectivity index (χ3n) is 8.25. The van der Waals surface area contributed by atoms with Gasteiger partial charge >= 0.3 is 6.36 Å². The SMILES string of the molecule is CCN(CCN(C)c1nccs1)C(=O)CC1(c2ccccc2OC)C(=O)N(S(=O)(=O)c2ccc(OC)cc2OC(F)(F)F)c2ccc(Cl)cc21. The number of thiazole rings is 1. The number of amides is 2. The number of para-hydroxylation sites is 1. The number of carbonyl (C=O) groups excluding carboxylic acids is 2.